The number of benzene rings is 1. The van der Waals surface area contributed by atoms with Gasteiger partial charge in [0.15, 0.2) is 0 Å². The van der Waals surface area contributed by atoms with E-state index in [4.69, 9.17) is 10.5 Å². The lowest BCUT2D eigenvalue weighted by molar-refractivity contribution is 0.414. The Morgan fingerprint density at radius 1 is 1.26 bits per heavy atom. The number of nitrogens with zero attached hydrogens (tertiary/aromatic N) is 2. The standard InChI is InChI=1S/C15H21N3O/c1-18-11-13(10-17-18)3-6-14(16)9-12-4-7-15(19-2)8-5-12/h4-5,7-8,10-11,14H,3,6,9,16H2,1-2H3. The third-order valence-corrected chi connectivity index (χ3v) is 3.22. The first-order valence-corrected chi connectivity index (χ1v) is 6.53. The van der Waals surface area contributed by atoms with Gasteiger partial charge >= 0.3 is 0 Å². The summed E-state index contributed by atoms with van der Waals surface area (Å²) in [7, 11) is 3.61. The Balaban J connectivity index is 1.81. The molecule has 0 aliphatic heterocycles. The van der Waals surface area contributed by atoms with E-state index in [-0.39, 0.29) is 6.04 Å². The molecule has 2 N–H and O–H groups in total. The van der Waals surface area contributed by atoms with Crippen LogP contribution < -0.4 is 10.5 Å². The van der Waals surface area contributed by atoms with Crippen LogP contribution in [0.4, 0.5) is 0 Å². The molecule has 1 heterocycles. The Morgan fingerprint density at radius 2 is 2.00 bits per heavy atom. The molecule has 1 unspecified atom stereocenters. The lowest BCUT2D eigenvalue weighted by Gasteiger charge is -2.11. The van der Waals surface area contributed by atoms with Gasteiger partial charge in [0.25, 0.3) is 0 Å². The highest BCUT2D eigenvalue weighted by molar-refractivity contribution is 5.27. The smallest absolute Gasteiger partial charge is 0.118 e. The molecular formula is C15H21N3O. The van der Waals surface area contributed by atoms with E-state index in [1.165, 1.54) is 11.1 Å². The second kappa shape index (κ2) is 6.38. The first kappa shape index (κ1) is 13.6. The molecule has 0 aliphatic rings. The molecule has 0 spiro atoms. The number of hydrogen-bond acceptors (Lipinski definition) is 3. The average Bonchev–Trinajstić information content (AvgIpc) is 2.83. The Hall–Kier alpha value is -1.81. The highest BCUT2D eigenvalue weighted by Crippen LogP contribution is 2.13. The van der Waals surface area contributed by atoms with Crippen molar-refractivity contribution in [2.24, 2.45) is 12.8 Å². The summed E-state index contributed by atoms with van der Waals surface area (Å²) in [6.07, 6.45) is 6.79. The average molecular weight is 259 g/mol. The Bertz CT molecular complexity index is 504. The zero-order chi connectivity index (χ0) is 13.7. The van der Waals surface area contributed by atoms with Crippen LogP contribution in [-0.4, -0.2) is 22.9 Å². The van der Waals surface area contributed by atoms with Crippen molar-refractivity contribution in [3.8, 4) is 5.75 Å². The third kappa shape index (κ3) is 4.10. The van der Waals surface area contributed by atoms with Crippen molar-refractivity contribution >= 4 is 0 Å². The third-order valence-electron chi connectivity index (χ3n) is 3.22. The van der Waals surface area contributed by atoms with Gasteiger partial charge in [-0.2, -0.15) is 5.10 Å². The van der Waals surface area contributed by atoms with Crippen LogP contribution in [0, 0.1) is 0 Å². The highest BCUT2D eigenvalue weighted by atomic mass is 16.5. The molecule has 0 saturated carbocycles. The van der Waals surface area contributed by atoms with Crippen LogP contribution in [-0.2, 0) is 19.9 Å². The van der Waals surface area contributed by atoms with Crippen LogP contribution in [0.15, 0.2) is 36.7 Å². The van der Waals surface area contributed by atoms with Gasteiger partial charge < -0.3 is 10.5 Å². The van der Waals surface area contributed by atoms with E-state index in [1.54, 1.807) is 7.11 Å². The Labute approximate surface area is 114 Å². The normalized spacial score (nSPS) is 12.4. The fourth-order valence-corrected chi connectivity index (χ4v) is 2.12. The molecule has 1 aromatic carbocycles. The summed E-state index contributed by atoms with van der Waals surface area (Å²) in [5.74, 6) is 0.882. The second-order valence-corrected chi connectivity index (χ2v) is 4.87. The topological polar surface area (TPSA) is 53.1 Å². The summed E-state index contributed by atoms with van der Waals surface area (Å²) in [6.45, 7) is 0. The van der Waals surface area contributed by atoms with Crippen molar-refractivity contribution in [2.75, 3.05) is 7.11 Å². The number of aromatic nitrogens is 2. The van der Waals surface area contributed by atoms with E-state index in [0.29, 0.717) is 0 Å². The molecule has 0 radical (unpaired) electrons. The first-order chi connectivity index (χ1) is 9.17. The van der Waals surface area contributed by atoms with E-state index >= 15 is 0 Å². The quantitative estimate of drug-likeness (QED) is 0.862. The van der Waals surface area contributed by atoms with Crippen molar-refractivity contribution in [3.05, 3.63) is 47.8 Å². The fourth-order valence-electron chi connectivity index (χ4n) is 2.12. The number of aryl methyl sites for hydroxylation is 2. The van der Waals surface area contributed by atoms with Gasteiger partial charge in [0.1, 0.15) is 5.75 Å². The molecule has 1 atom stereocenters. The summed E-state index contributed by atoms with van der Waals surface area (Å²) >= 11 is 0. The van der Waals surface area contributed by atoms with Crippen LogP contribution in [0.3, 0.4) is 0 Å². The minimum absolute atomic E-state index is 0.175. The van der Waals surface area contributed by atoms with E-state index < -0.39 is 0 Å². The molecule has 1 aromatic heterocycles. The van der Waals surface area contributed by atoms with Crippen LogP contribution in [0.2, 0.25) is 0 Å². The molecule has 0 aliphatic carbocycles. The van der Waals surface area contributed by atoms with Crippen LogP contribution in [0.1, 0.15) is 17.5 Å². The first-order valence-electron chi connectivity index (χ1n) is 6.53. The lowest BCUT2D eigenvalue weighted by atomic mass is 10.0. The molecule has 4 heteroatoms. The maximum absolute atomic E-state index is 6.17. The molecule has 0 saturated heterocycles. The fraction of sp³-hybridized carbons (Fsp3) is 0.400. The van der Waals surface area contributed by atoms with Gasteiger partial charge in [-0.05, 0) is 42.5 Å². The monoisotopic (exact) mass is 259 g/mol. The maximum atomic E-state index is 6.17. The van der Waals surface area contributed by atoms with Crippen molar-refractivity contribution in [3.63, 3.8) is 0 Å². The van der Waals surface area contributed by atoms with E-state index in [1.807, 2.05) is 36.3 Å². The van der Waals surface area contributed by atoms with Gasteiger partial charge in [-0.15, -0.1) is 0 Å². The minimum Gasteiger partial charge on any atom is -0.497 e. The van der Waals surface area contributed by atoms with E-state index in [9.17, 15) is 0 Å². The van der Waals surface area contributed by atoms with Crippen LogP contribution in [0.25, 0.3) is 0 Å². The number of hydrogen-bond donors (Lipinski definition) is 1. The molecular weight excluding hydrogens is 238 g/mol. The predicted molar refractivity (Wildman–Crippen MR) is 76.2 cm³/mol. The summed E-state index contributed by atoms with van der Waals surface area (Å²) in [5.41, 5.74) is 8.67. The Morgan fingerprint density at radius 3 is 2.58 bits per heavy atom. The molecule has 0 amide bonds. The largest absolute Gasteiger partial charge is 0.497 e. The minimum atomic E-state index is 0.175. The molecule has 4 nitrogen and oxygen atoms in total. The predicted octanol–water partition coefficient (Wildman–Crippen LogP) is 1.93. The summed E-state index contributed by atoms with van der Waals surface area (Å²) in [5, 5.41) is 4.16. The van der Waals surface area contributed by atoms with Gasteiger partial charge in [-0.25, -0.2) is 0 Å². The Kier molecular flexibility index (Phi) is 4.58. The lowest BCUT2D eigenvalue weighted by Crippen LogP contribution is -2.23. The van der Waals surface area contributed by atoms with Gasteiger partial charge in [0.2, 0.25) is 0 Å². The summed E-state index contributed by atoms with van der Waals surface area (Å²) < 4.78 is 6.97. The number of ether oxygens (including phenoxy) is 1. The molecule has 0 fully saturated rings. The van der Waals surface area contributed by atoms with Gasteiger partial charge in [0.05, 0.1) is 13.3 Å². The molecule has 0 bridgehead atoms. The number of nitrogens with two attached hydrogens (primary N) is 1. The van der Waals surface area contributed by atoms with Crippen molar-refractivity contribution in [1.82, 2.24) is 9.78 Å². The highest BCUT2D eigenvalue weighted by Gasteiger charge is 2.06. The van der Waals surface area contributed by atoms with Crippen molar-refractivity contribution in [2.45, 2.75) is 25.3 Å². The number of rotatable bonds is 6. The van der Waals surface area contributed by atoms with Crippen molar-refractivity contribution in [1.29, 1.82) is 0 Å². The van der Waals surface area contributed by atoms with Crippen LogP contribution in [0.5, 0.6) is 5.75 Å². The summed E-state index contributed by atoms with van der Waals surface area (Å²) in [4.78, 5) is 0. The van der Waals surface area contributed by atoms with Gasteiger partial charge in [0, 0.05) is 19.3 Å². The van der Waals surface area contributed by atoms with Crippen LogP contribution >= 0.6 is 0 Å². The molecule has 2 rings (SSSR count). The van der Waals surface area contributed by atoms with E-state index in [0.717, 1.165) is 25.0 Å². The van der Waals surface area contributed by atoms with Crippen molar-refractivity contribution < 1.29 is 4.74 Å². The van der Waals surface area contributed by atoms with E-state index in [2.05, 4.69) is 17.2 Å². The van der Waals surface area contributed by atoms with Gasteiger partial charge in [-0.3, -0.25) is 4.68 Å². The van der Waals surface area contributed by atoms with Gasteiger partial charge in [-0.1, -0.05) is 12.1 Å². The SMILES string of the molecule is COc1ccc(CC(N)CCc2cnn(C)c2)cc1. The zero-order valence-electron chi connectivity index (χ0n) is 11.5. The summed E-state index contributed by atoms with van der Waals surface area (Å²) in [6, 6.07) is 8.27. The molecule has 102 valence electrons. The molecule has 19 heavy (non-hydrogen) atoms. The zero-order valence-corrected chi connectivity index (χ0v) is 11.5. The maximum Gasteiger partial charge on any atom is 0.118 e. The number of methoxy groups -OCH3 is 1. The molecule has 2 aromatic rings. The second-order valence-electron chi connectivity index (χ2n) is 4.87.